The van der Waals surface area contributed by atoms with Crippen molar-refractivity contribution in [2.75, 3.05) is 38.7 Å². The number of piperidine rings is 2. The zero-order valence-electron chi connectivity index (χ0n) is 12.1. The summed E-state index contributed by atoms with van der Waals surface area (Å²) in [4.78, 5) is 27.7. The summed E-state index contributed by atoms with van der Waals surface area (Å²) < 4.78 is 5.52. The minimum absolute atomic E-state index is 0.0498. The molecule has 0 saturated carbocycles. The molecule has 3 heterocycles. The molecule has 0 radical (unpaired) electrons. The number of likely N-dealkylation sites (tertiary alicyclic amines) is 2. The van der Waals surface area contributed by atoms with E-state index in [1.54, 1.807) is 0 Å². The molecule has 3 aliphatic heterocycles. The third-order valence-corrected chi connectivity index (χ3v) is 5.13. The van der Waals surface area contributed by atoms with Crippen LogP contribution in [0.5, 0.6) is 0 Å². The molecule has 3 rings (SSSR count). The van der Waals surface area contributed by atoms with Crippen LogP contribution in [0.4, 0.5) is 4.79 Å². The molecule has 0 aromatic heterocycles. The third kappa shape index (κ3) is 3.26. The van der Waals surface area contributed by atoms with Crippen molar-refractivity contribution in [2.45, 2.75) is 31.4 Å². The fraction of sp³-hybridized carbons (Fsp3) is 0.857. The number of hydrogen-bond acceptors (Lipinski definition) is 3. The molecule has 118 valence electrons. The minimum Gasteiger partial charge on any atom is -0.366 e. The van der Waals surface area contributed by atoms with Crippen molar-refractivity contribution < 1.29 is 14.3 Å². The zero-order valence-corrected chi connectivity index (χ0v) is 12.8. The van der Waals surface area contributed by atoms with Crippen LogP contribution in [-0.2, 0) is 9.53 Å². The maximum atomic E-state index is 12.6. The smallest absolute Gasteiger partial charge is 0.320 e. The molecule has 3 aliphatic rings. The van der Waals surface area contributed by atoms with E-state index in [2.05, 4.69) is 5.32 Å². The first-order valence-corrected chi connectivity index (χ1v) is 8.21. The minimum atomic E-state index is -0.0894. The lowest BCUT2D eigenvalue weighted by Crippen LogP contribution is -2.62. The average Bonchev–Trinajstić information content (AvgIpc) is 2.53. The number of rotatable bonds is 1. The number of ether oxygens (including phenoxy) is 1. The topological polar surface area (TPSA) is 61.9 Å². The lowest BCUT2D eigenvalue weighted by molar-refractivity contribution is -0.139. The SMILES string of the molecule is O=C1COC2CCN(C(=O)N3CCC(CCl)CC3)CC2N1. The summed E-state index contributed by atoms with van der Waals surface area (Å²) in [5.74, 6) is 1.12. The van der Waals surface area contributed by atoms with Gasteiger partial charge in [-0.25, -0.2) is 4.79 Å². The second-order valence-electron chi connectivity index (χ2n) is 6.13. The molecule has 0 aromatic carbocycles. The Hall–Kier alpha value is -1.01. The number of urea groups is 1. The monoisotopic (exact) mass is 315 g/mol. The maximum absolute atomic E-state index is 12.6. The standard InChI is InChI=1S/C14H22ClN3O3/c15-7-10-1-4-17(5-2-10)14(20)18-6-3-12-11(8-18)16-13(19)9-21-12/h10-12H,1-9H2,(H,16,19). The van der Waals surface area contributed by atoms with E-state index in [-0.39, 0.29) is 30.7 Å². The van der Waals surface area contributed by atoms with Gasteiger partial charge >= 0.3 is 6.03 Å². The first-order valence-electron chi connectivity index (χ1n) is 7.68. The lowest BCUT2D eigenvalue weighted by atomic mass is 9.98. The molecule has 7 heteroatoms. The summed E-state index contributed by atoms with van der Waals surface area (Å²) >= 11 is 5.88. The molecule has 3 amide bonds. The highest BCUT2D eigenvalue weighted by Crippen LogP contribution is 2.22. The molecule has 3 saturated heterocycles. The van der Waals surface area contributed by atoms with E-state index in [4.69, 9.17) is 16.3 Å². The Morgan fingerprint density at radius 1 is 1.24 bits per heavy atom. The number of alkyl halides is 1. The Morgan fingerprint density at radius 3 is 2.67 bits per heavy atom. The van der Waals surface area contributed by atoms with Gasteiger partial charge < -0.3 is 19.9 Å². The molecule has 1 N–H and O–H groups in total. The second kappa shape index (κ2) is 6.40. The lowest BCUT2D eigenvalue weighted by Gasteiger charge is -2.43. The van der Waals surface area contributed by atoms with E-state index in [1.807, 2.05) is 9.80 Å². The summed E-state index contributed by atoms with van der Waals surface area (Å²) in [5.41, 5.74) is 0. The number of nitrogens with zero attached hydrogens (tertiary/aromatic N) is 2. The van der Waals surface area contributed by atoms with Crippen LogP contribution in [0.3, 0.4) is 0 Å². The predicted molar refractivity (Wildman–Crippen MR) is 78.3 cm³/mol. The fourth-order valence-corrected chi connectivity index (χ4v) is 3.66. The van der Waals surface area contributed by atoms with Gasteiger partial charge in [0, 0.05) is 32.1 Å². The number of carbonyl (C=O) groups excluding carboxylic acids is 2. The number of fused-ring (bicyclic) bond motifs is 1. The number of amides is 3. The summed E-state index contributed by atoms with van der Waals surface area (Å²) in [6.45, 7) is 2.95. The quantitative estimate of drug-likeness (QED) is 0.723. The molecule has 3 fully saturated rings. The van der Waals surface area contributed by atoms with Crippen molar-refractivity contribution in [1.29, 1.82) is 0 Å². The first-order chi connectivity index (χ1) is 10.2. The van der Waals surface area contributed by atoms with E-state index >= 15 is 0 Å². The van der Waals surface area contributed by atoms with Crippen molar-refractivity contribution in [3.63, 3.8) is 0 Å². The normalized spacial score (nSPS) is 30.8. The number of carbonyl (C=O) groups is 2. The molecule has 21 heavy (non-hydrogen) atoms. The van der Waals surface area contributed by atoms with Crippen LogP contribution in [0, 0.1) is 5.92 Å². The maximum Gasteiger partial charge on any atom is 0.320 e. The van der Waals surface area contributed by atoms with Crippen LogP contribution in [0.15, 0.2) is 0 Å². The number of halogens is 1. The number of hydrogen-bond donors (Lipinski definition) is 1. The molecule has 0 aliphatic carbocycles. The van der Waals surface area contributed by atoms with E-state index in [9.17, 15) is 9.59 Å². The van der Waals surface area contributed by atoms with Gasteiger partial charge in [0.15, 0.2) is 0 Å². The van der Waals surface area contributed by atoms with Crippen molar-refractivity contribution in [2.24, 2.45) is 5.92 Å². The van der Waals surface area contributed by atoms with Crippen molar-refractivity contribution in [3.05, 3.63) is 0 Å². The molecule has 0 spiro atoms. The Morgan fingerprint density at radius 2 is 1.95 bits per heavy atom. The van der Waals surface area contributed by atoms with Gasteiger partial charge in [0.1, 0.15) is 6.61 Å². The van der Waals surface area contributed by atoms with Crippen molar-refractivity contribution in [1.82, 2.24) is 15.1 Å². The molecule has 0 aromatic rings. The van der Waals surface area contributed by atoms with Crippen LogP contribution in [0.1, 0.15) is 19.3 Å². The van der Waals surface area contributed by atoms with Gasteiger partial charge in [-0.1, -0.05) is 0 Å². The highest BCUT2D eigenvalue weighted by atomic mass is 35.5. The van der Waals surface area contributed by atoms with E-state index < -0.39 is 0 Å². The van der Waals surface area contributed by atoms with Gasteiger partial charge in [0.2, 0.25) is 5.91 Å². The highest BCUT2D eigenvalue weighted by Gasteiger charge is 2.37. The molecule has 0 bridgehead atoms. The predicted octanol–water partition coefficient (Wildman–Crippen LogP) is 0.647. The summed E-state index contributed by atoms with van der Waals surface area (Å²) in [5, 5.41) is 2.93. The van der Waals surface area contributed by atoms with E-state index in [0.29, 0.717) is 24.9 Å². The first kappa shape index (κ1) is 14.9. The Balaban J connectivity index is 1.55. The van der Waals surface area contributed by atoms with Crippen LogP contribution < -0.4 is 5.32 Å². The highest BCUT2D eigenvalue weighted by molar-refractivity contribution is 6.18. The summed E-state index contributed by atoms with van der Waals surface area (Å²) in [6, 6.07) is 0.0191. The Kier molecular flexibility index (Phi) is 4.54. The van der Waals surface area contributed by atoms with Gasteiger partial charge in [0.05, 0.1) is 12.1 Å². The molecular weight excluding hydrogens is 294 g/mol. The Labute approximate surface area is 129 Å². The zero-order chi connectivity index (χ0) is 14.8. The van der Waals surface area contributed by atoms with Gasteiger partial charge in [0.25, 0.3) is 0 Å². The molecule has 2 atom stereocenters. The van der Waals surface area contributed by atoms with Gasteiger partial charge in [-0.2, -0.15) is 0 Å². The van der Waals surface area contributed by atoms with Gasteiger partial charge in [-0.05, 0) is 25.2 Å². The number of nitrogens with one attached hydrogen (secondary N) is 1. The van der Waals surface area contributed by atoms with Crippen molar-refractivity contribution in [3.8, 4) is 0 Å². The third-order valence-electron chi connectivity index (χ3n) is 4.70. The fourth-order valence-electron chi connectivity index (χ4n) is 3.35. The molecule has 2 unspecified atom stereocenters. The van der Waals surface area contributed by atoms with Crippen molar-refractivity contribution >= 4 is 23.5 Å². The van der Waals surface area contributed by atoms with E-state index in [1.165, 1.54) is 0 Å². The van der Waals surface area contributed by atoms with Gasteiger partial charge in [-0.3, -0.25) is 4.79 Å². The van der Waals surface area contributed by atoms with Crippen LogP contribution in [0.2, 0.25) is 0 Å². The second-order valence-corrected chi connectivity index (χ2v) is 6.43. The number of morpholine rings is 1. The molecular formula is C14H22ClN3O3. The van der Waals surface area contributed by atoms with Crippen LogP contribution >= 0.6 is 11.6 Å². The molecule has 6 nitrogen and oxygen atoms in total. The Bertz CT molecular complexity index is 412. The summed E-state index contributed by atoms with van der Waals surface area (Å²) in [6.07, 6.45) is 2.80. The average molecular weight is 316 g/mol. The van der Waals surface area contributed by atoms with Crippen LogP contribution in [0.25, 0.3) is 0 Å². The van der Waals surface area contributed by atoms with E-state index in [0.717, 1.165) is 32.4 Å². The summed E-state index contributed by atoms with van der Waals surface area (Å²) in [7, 11) is 0. The largest absolute Gasteiger partial charge is 0.366 e. The van der Waals surface area contributed by atoms with Crippen LogP contribution in [-0.4, -0.2) is 72.5 Å². The van der Waals surface area contributed by atoms with Gasteiger partial charge in [-0.15, -0.1) is 11.6 Å².